The molecule has 1 aromatic rings. The van der Waals surface area contributed by atoms with Gasteiger partial charge in [0.25, 0.3) is 0 Å². The van der Waals surface area contributed by atoms with Gasteiger partial charge in [0.15, 0.2) is 0 Å². The smallest absolute Gasteiger partial charge is 0.221 e. The molecule has 0 radical (unpaired) electrons. The zero-order valence-corrected chi connectivity index (χ0v) is 9.45. The second-order valence-corrected chi connectivity index (χ2v) is 3.97. The average molecular weight is 258 g/mol. The summed E-state index contributed by atoms with van der Waals surface area (Å²) in [6.07, 6.45) is 0.0359. The van der Waals surface area contributed by atoms with E-state index in [0.717, 1.165) is 10.2 Å². The van der Waals surface area contributed by atoms with Gasteiger partial charge in [-0.1, -0.05) is 22.0 Å². The maximum atomic E-state index is 10.6. The Morgan fingerprint density at radius 1 is 1.64 bits per heavy atom. The van der Waals surface area contributed by atoms with E-state index in [1.165, 1.54) is 0 Å². The number of rotatable bonds is 4. The van der Waals surface area contributed by atoms with Crippen molar-refractivity contribution in [3.63, 3.8) is 0 Å². The van der Waals surface area contributed by atoms with Gasteiger partial charge in [-0.2, -0.15) is 0 Å². The molecule has 2 N–H and O–H groups in total. The molecule has 0 fully saturated rings. The van der Waals surface area contributed by atoms with Crippen LogP contribution in [0.1, 0.15) is 13.3 Å². The van der Waals surface area contributed by atoms with Crippen molar-refractivity contribution in [2.24, 2.45) is 5.73 Å². The zero-order chi connectivity index (χ0) is 10.6. The van der Waals surface area contributed by atoms with E-state index < -0.39 is 0 Å². The van der Waals surface area contributed by atoms with Crippen molar-refractivity contribution in [1.82, 2.24) is 0 Å². The molecular formula is C10H12BrNO2. The fourth-order valence-electron chi connectivity index (χ4n) is 1.10. The fraction of sp³-hybridized carbons (Fsp3) is 0.300. The monoisotopic (exact) mass is 257 g/mol. The highest BCUT2D eigenvalue weighted by molar-refractivity contribution is 9.10. The zero-order valence-electron chi connectivity index (χ0n) is 7.87. The minimum absolute atomic E-state index is 0.193. The number of halogens is 1. The number of carbonyl (C=O) groups excluding carboxylic acids is 1. The van der Waals surface area contributed by atoms with Crippen LogP contribution in [-0.4, -0.2) is 12.0 Å². The Kier molecular flexibility index (Phi) is 3.95. The van der Waals surface area contributed by atoms with Crippen LogP contribution in [0, 0.1) is 0 Å². The van der Waals surface area contributed by atoms with Crippen LogP contribution in [0.15, 0.2) is 28.7 Å². The van der Waals surface area contributed by atoms with E-state index >= 15 is 0 Å². The lowest BCUT2D eigenvalue weighted by molar-refractivity contribution is -0.119. The van der Waals surface area contributed by atoms with Gasteiger partial charge < -0.3 is 10.5 Å². The van der Waals surface area contributed by atoms with Crippen LogP contribution in [0.2, 0.25) is 0 Å². The van der Waals surface area contributed by atoms with Crippen molar-refractivity contribution < 1.29 is 9.53 Å². The first-order valence-electron chi connectivity index (χ1n) is 4.28. The quantitative estimate of drug-likeness (QED) is 0.898. The van der Waals surface area contributed by atoms with Gasteiger partial charge in [0.05, 0.1) is 6.42 Å². The molecule has 0 aliphatic heterocycles. The van der Waals surface area contributed by atoms with Crippen molar-refractivity contribution in [2.45, 2.75) is 19.4 Å². The molecule has 4 heteroatoms. The molecule has 1 rings (SSSR count). The van der Waals surface area contributed by atoms with Gasteiger partial charge in [0.2, 0.25) is 5.91 Å². The Labute approximate surface area is 91.4 Å². The molecule has 1 amide bonds. The summed E-state index contributed by atoms with van der Waals surface area (Å²) in [5.74, 6) is 0.376. The Bertz CT molecular complexity index is 328. The van der Waals surface area contributed by atoms with E-state index in [2.05, 4.69) is 15.9 Å². The topological polar surface area (TPSA) is 52.3 Å². The molecule has 76 valence electrons. The van der Waals surface area contributed by atoms with E-state index in [9.17, 15) is 4.79 Å². The molecule has 0 aromatic heterocycles. The van der Waals surface area contributed by atoms with E-state index in [1.807, 2.05) is 31.2 Å². The van der Waals surface area contributed by atoms with Crippen LogP contribution in [-0.2, 0) is 4.79 Å². The summed E-state index contributed by atoms with van der Waals surface area (Å²) >= 11 is 3.33. The van der Waals surface area contributed by atoms with E-state index in [-0.39, 0.29) is 18.4 Å². The lowest BCUT2D eigenvalue weighted by atomic mass is 10.2. The van der Waals surface area contributed by atoms with Crippen LogP contribution < -0.4 is 10.5 Å². The first kappa shape index (κ1) is 11.0. The SMILES string of the molecule is CC(CC(N)=O)Oc1cccc(Br)c1. The third kappa shape index (κ3) is 3.79. The molecule has 1 unspecified atom stereocenters. The van der Waals surface area contributed by atoms with Crippen molar-refractivity contribution in [3.8, 4) is 5.75 Å². The van der Waals surface area contributed by atoms with Gasteiger partial charge in [-0.3, -0.25) is 4.79 Å². The van der Waals surface area contributed by atoms with Crippen LogP contribution in [0.5, 0.6) is 5.75 Å². The van der Waals surface area contributed by atoms with E-state index in [1.54, 1.807) is 0 Å². The second-order valence-electron chi connectivity index (χ2n) is 3.06. The molecule has 0 saturated heterocycles. The Hall–Kier alpha value is -1.03. The third-order valence-electron chi connectivity index (χ3n) is 1.62. The van der Waals surface area contributed by atoms with Crippen molar-refractivity contribution in [3.05, 3.63) is 28.7 Å². The van der Waals surface area contributed by atoms with Crippen LogP contribution in [0.25, 0.3) is 0 Å². The molecule has 14 heavy (non-hydrogen) atoms. The van der Waals surface area contributed by atoms with Gasteiger partial charge in [-0.25, -0.2) is 0 Å². The van der Waals surface area contributed by atoms with Gasteiger partial charge >= 0.3 is 0 Å². The summed E-state index contributed by atoms with van der Waals surface area (Å²) < 4.78 is 6.42. The van der Waals surface area contributed by atoms with Gasteiger partial charge in [-0.05, 0) is 25.1 Å². The molecule has 3 nitrogen and oxygen atoms in total. The summed E-state index contributed by atoms with van der Waals surface area (Å²) in [5.41, 5.74) is 5.05. The highest BCUT2D eigenvalue weighted by Gasteiger charge is 2.07. The second kappa shape index (κ2) is 5.00. The molecule has 0 aliphatic rings. The predicted molar refractivity (Wildman–Crippen MR) is 58.0 cm³/mol. The molecule has 1 aromatic carbocycles. The van der Waals surface area contributed by atoms with Crippen LogP contribution in [0.3, 0.4) is 0 Å². The lowest BCUT2D eigenvalue weighted by Crippen LogP contribution is -2.22. The van der Waals surface area contributed by atoms with E-state index in [4.69, 9.17) is 10.5 Å². The molecule has 0 bridgehead atoms. The van der Waals surface area contributed by atoms with Crippen molar-refractivity contribution >= 4 is 21.8 Å². The first-order chi connectivity index (χ1) is 6.58. The predicted octanol–water partition coefficient (Wildman–Crippen LogP) is 2.09. The maximum absolute atomic E-state index is 10.6. The normalized spacial score (nSPS) is 12.1. The third-order valence-corrected chi connectivity index (χ3v) is 2.12. The number of amides is 1. The first-order valence-corrected chi connectivity index (χ1v) is 5.08. The Morgan fingerprint density at radius 3 is 2.93 bits per heavy atom. The summed E-state index contributed by atoms with van der Waals surface area (Å²) in [6, 6.07) is 7.46. The largest absolute Gasteiger partial charge is 0.490 e. The van der Waals surface area contributed by atoms with Crippen LogP contribution >= 0.6 is 15.9 Å². The Balaban J connectivity index is 2.55. The van der Waals surface area contributed by atoms with Crippen LogP contribution in [0.4, 0.5) is 0 Å². The minimum Gasteiger partial charge on any atom is -0.490 e. The molecule has 0 saturated carbocycles. The highest BCUT2D eigenvalue weighted by Crippen LogP contribution is 2.19. The summed E-state index contributed by atoms with van der Waals surface area (Å²) in [7, 11) is 0. The number of hydrogen-bond donors (Lipinski definition) is 1. The van der Waals surface area contributed by atoms with E-state index in [0.29, 0.717) is 0 Å². The number of carbonyl (C=O) groups is 1. The van der Waals surface area contributed by atoms with Gasteiger partial charge in [-0.15, -0.1) is 0 Å². The number of nitrogens with two attached hydrogens (primary N) is 1. The number of ether oxygens (including phenoxy) is 1. The molecule has 0 heterocycles. The highest BCUT2D eigenvalue weighted by atomic mass is 79.9. The maximum Gasteiger partial charge on any atom is 0.221 e. The number of primary amides is 1. The van der Waals surface area contributed by atoms with Crippen molar-refractivity contribution in [2.75, 3.05) is 0 Å². The minimum atomic E-state index is -0.354. The molecule has 0 aliphatic carbocycles. The molecule has 1 atom stereocenters. The lowest BCUT2D eigenvalue weighted by Gasteiger charge is -2.12. The van der Waals surface area contributed by atoms with Gasteiger partial charge in [0, 0.05) is 4.47 Å². The fourth-order valence-corrected chi connectivity index (χ4v) is 1.48. The van der Waals surface area contributed by atoms with Gasteiger partial charge in [0.1, 0.15) is 11.9 Å². The summed E-state index contributed by atoms with van der Waals surface area (Å²) in [5, 5.41) is 0. The number of hydrogen-bond acceptors (Lipinski definition) is 2. The number of benzene rings is 1. The Morgan fingerprint density at radius 2 is 2.36 bits per heavy atom. The molecule has 0 spiro atoms. The summed E-state index contributed by atoms with van der Waals surface area (Å²) in [6.45, 7) is 1.81. The summed E-state index contributed by atoms with van der Waals surface area (Å²) in [4.78, 5) is 10.6. The standard InChI is InChI=1S/C10H12BrNO2/c1-7(5-10(12)13)14-9-4-2-3-8(11)6-9/h2-4,6-7H,5H2,1H3,(H2,12,13). The molecular weight excluding hydrogens is 246 g/mol. The van der Waals surface area contributed by atoms with Crippen molar-refractivity contribution in [1.29, 1.82) is 0 Å². The average Bonchev–Trinajstić information content (AvgIpc) is 2.01.